The third kappa shape index (κ3) is 13.5. The van der Waals surface area contributed by atoms with E-state index in [1.54, 1.807) is 12.2 Å². The van der Waals surface area contributed by atoms with Gasteiger partial charge in [0, 0.05) is 15.9 Å². The SMILES string of the molecule is C[Si](C)(C)C#CC(O)/C=C/c1ccccc1.OC(C#CBr)/C=C/c1ccccc1. The number of hydrogen-bond acceptors (Lipinski definition) is 2. The van der Waals surface area contributed by atoms with E-state index in [2.05, 4.69) is 57.8 Å². The first-order chi connectivity index (χ1) is 13.8. The van der Waals surface area contributed by atoms with Crippen molar-refractivity contribution in [1.29, 1.82) is 0 Å². The lowest BCUT2D eigenvalue weighted by atomic mass is 10.2. The van der Waals surface area contributed by atoms with Crippen molar-refractivity contribution in [3.63, 3.8) is 0 Å². The molecule has 2 nitrogen and oxygen atoms in total. The summed E-state index contributed by atoms with van der Waals surface area (Å²) in [7, 11) is -1.38. The van der Waals surface area contributed by atoms with Crippen LogP contribution in [-0.4, -0.2) is 30.5 Å². The third-order valence-corrected chi connectivity index (χ3v) is 4.46. The summed E-state index contributed by atoms with van der Waals surface area (Å²) in [4.78, 5) is 2.46. The van der Waals surface area contributed by atoms with E-state index in [0.717, 1.165) is 11.1 Å². The van der Waals surface area contributed by atoms with Gasteiger partial charge in [0.05, 0.1) is 0 Å². The van der Waals surface area contributed by atoms with Crippen molar-refractivity contribution in [2.24, 2.45) is 0 Å². The van der Waals surface area contributed by atoms with Gasteiger partial charge in [0.2, 0.25) is 0 Å². The number of aliphatic hydroxyl groups excluding tert-OH is 2. The fourth-order valence-electron chi connectivity index (χ4n) is 1.98. The van der Waals surface area contributed by atoms with E-state index >= 15 is 0 Å². The molecule has 0 amide bonds. The van der Waals surface area contributed by atoms with Crippen molar-refractivity contribution < 1.29 is 10.2 Å². The van der Waals surface area contributed by atoms with Crippen molar-refractivity contribution in [2.45, 2.75) is 31.8 Å². The minimum atomic E-state index is -1.38. The maximum absolute atomic E-state index is 9.64. The Balaban J connectivity index is 0.000000296. The van der Waals surface area contributed by atoms with Gasteiger partial charge in [-0.25, -0.2) is 0 Å². The van der Waals surface area contributed by atoms with Gasteiger partial charge >= 0.3 is 0 Å². The minimum Gasteiger partial charge on any atom is -0.377 e. The number of benzene rings is 2. The quantitative estimate of drug-likeness (QED) is 0.470. The minimum absolute atomic E-state index is 0.660. The Morgan fingerprint density at radius 1 is 0.759 bits per heavy atom. The van der Waals surface area contributed by atoms with Crippen LogP contribution in [-0.2, 0) is 0 Å². The summed E-state index contributed by atoms with van der Waals surface area (Å²) in [6.07, 6.45) is 5.73. The molecule has 150 valence electrons. The molecule has 2 atom stereocenters. The molecule has 0 heterocycles. The molecule has 29 heavy (non-hydrogen) atoms. The van der Waals surface area contributed by atoms with E-state index < -0.39 is 20.3 Å². The zero-order valence-electron chi connectivity index (χ0n) is 17.0. The zero-order chi connectivity index (χ0) is 21.5. The molecule has 0 spiro atoms. The predicted molar refractivity (Wildman–Crippen MR) is 131 cm³/mol. The zero-order valence-corrected chi connectivity index (χ0v) is 19.6. The van der Waals surface area contributed by atoms with E-state index in [1.165, 1.54) is 0 Å². The summed E-state index contributed by atoms with van der Waals surface area (Å²) in [5.41, 5.74) is 5.28. The van der Waals surface area contributed by atoms with Gasteiger partial charge in [-0.3, -0.25) is 0 Å². The van der Waals surface area contributed by atoms with Crippen LogP contribution in [0.2, 0.25) is 19.6 Å². The molecule has 4 heteroatoms. The van der Waals surface area contributed by atoms with Crippen molar-refractivity contribution in [3.8, 4) is 22.2 Å². The van der Waals surface area contributed by atoms with E-state index in [0.29, 0.717) is 0 Å². The third-order valence-electron chi connectivity index (χ3n) is 3.34. The predicted octanol–water partition coefficient (Wildman–Crippen LogP) is 5.36. The second kappa shape index (κ2) is 13.8. The Hall–Kier alpha value is -2.34. The molecule has 2 aromatic carbocycles. The lowest BCUT2D eigenvalue weighted by molar-refractivity contribution is 0.281. The van der Waals surface area contributed by atoms with Gasteiger partial charge in [-0.2, -0.15) is 0 Å². The van der Waals surface area contributed by atoms with Crippen LogP contribution in [0, 0.1) is 22.2 Å². The van der Waals surface area contributed by atoms with Gasteiger partial charge in [0.15, 0.2) is 0 Å². The van der Waals surface area contributed by atoms with Crippen LogP contribution in [0.25, 0.3) is 12.2 Å². The summed E-state index contributed by atoms with van der Waals surface area (Å²) in [6.45, 7) is 6.48. The number of rotatable bonds is 4. The molecule has 0 radical (unpaired) electrons. The average molecular weight is 467 g/mol. The smallest absolute Gasteiger partial charge is 0.134 e. The molecule has 0 aliphatic rings. The van der Waals surface area contributed by atoms with E-state index in [9.17, 15) is 10.2 Å². The molecule has 2 unspecified atom stereocenters. The van der Waals surface area contributed by atoms with E-state index in [-0.39, 0.29) is 0 Å². The normalized spacial score (nSPS) is 12.8. The number of hydrogen-bond donors (Lipinski definition) is 2. The summed E-state index contributed by atoms with van der Waals surface area (Å²) < 4.78 is 0. The highest BCUT2D eigenvalue weighted by molar-refractivity contribution is 9.12. The highest BCUT2D eigenvalue weighted by Gasteiger charge is 2.07. The van der Waals surface area contributed by atoms with Gasteiger partial charge in [0.25, 0.3) is 0 Å². The molecule has 0 saturated carbocycles. The number of aliphatic hydroxyl groups is 2. The summed E-state index contributed by atoms with van der Waals surface area (Å²) in [6, 6.07) is 19.7. The van der Waals surface area contributed by atoms with Gasteiger partial charge < -0.3 is 10.2 Å². The molecule has 0 bridgehead atoms. The Morgan fingerprint density at radius 3 is 1.55 bits per heavy atom. The Morgan fingerprint density at radius 2 is 1.17 bits per heavy atom. The van der Waals surface area contributed by atoms with Crippen molar-refractivity contribution in [2.75, 3.05) is 0 Å². The average Bonchev–Trinajstić information content (AvgIpc) is 2.71. The van der Waals surface area contributed by atoms with Crippen molar-refractivity contribution in [1.82, 2.24) is 0 Å². The van der Waals surface area contributed by atoms with Crippen LogP contribution in [0.4, 0.5) is 0 Å². The van der Waals surface area contributed by atoms with Crippen LogP contribution in [0.3, 0.4) is 0 Å². The first-order valence-electron chi connectivity index (χ1n) is 9.26. The molecule has 0 saturated heterocycles. The lowest BCUT2D eigenvalue weighted by Gasteiger charge is -2.04. The standard InChI is InChI=1S/C14H18OSi.C11H9BrO/c1-16(2,3)12-11-14(15)10-9-13-7-5-4-6-8-13;12-9-8-11(13)7-6-10-4-2-1-3-5-10/h4-10,14-15H,1-3H3;1-7,11,13H/b10-9+;7-6+. The van der Waals surface area contributed by atoms with Crippen LogP contribution >= 0.6 is 15.9 Å². The second-order valence-corrected chi connectivity index (χ2v) is 12.3. The molecule has 0 aromatic heterocycles. The number of halogens is 1. The van der Waals surface area contributed by atoms with E-state index in [4.69, 9.17) is 0 Å². The molecule has 2 N–H and O–H groups in total. The summed E-state index contributed by atoms with van der Waals surface area (Å²) in [5, 5.41) is 18.9. The highest BCUT2D eigenvalue weighted by Crippen LogP contribution is 2.03. The topological polar surface area (TPSA) is 40.5 Å². The van der Waals surface area contributed by atoms with Gasteiger partial charge in [-0.05, 0) is 28.1 Å². The maximum atomic E-state index is 9.64. The van der Waals surface area contributed by atoms with Crippen LogP contribution < -0.4 is 0 Å². The highest BCUT2D eigenvalue weighted by atomic mass is 79.9. The fourth-order valence-corrected chi connectivity index (χ4v) is 2.79. The molecule has 0 fully saturated rings. The Kier molecular flexibility index (Phi) is 11.7. The van der Waals surface area contributed by atoms with Crippen molar-refractivity contribution in [3.05, 3.63) is 83.9 Å². The van der Waals surface area contributed by atoms with E-state index in [1.807, 2.05) is 72.8 Å². The second-order valence-electron chi connectivity index (χ2n) is 7.19. The molecule has 2 aromatic rings. The molecular formula is C25H27BrO2Si. The fraction of sp³-hybridized carbons (Fsp3) is 0.200. The molecular weight excluding hydrogens is 440 g/mol. The first kappa shape index (κ1) is 24.7. The molecule has 0 aliphatic carbocycles. The molecule has 0 aliphatic heterocycles. The summed E-state index contributed by atoms with van der Waals surface area (Å²) >= 11 is 2.92. The Bertz CT molecular complexity index is 892. The van der Waals surface area contributed by atoms with Gasteiger partial charge in [-0.15, -0.1) is 5.54 Å². The Labute approximate surface area is 184 Å². The molecule has 2 rings (SSSR count). The summed E-state index contributed by atoms with van der Waals surface area (Å²) in [5.74, 6) is 5.42. The van der Waals surface area contributed by atoms with Crippen LogP contribution in [0.5, 0.6) is 0 Å². The van der Waals surface area contributed by atoms with Gasteiger partial charge in [0.1, 0.15) is 20.3 Å². The largest absolute Gasteiger partial charge is 0.377 e. The van der Waals surface area contributed by atoms with Crippen LogP contribution in [0.15, 0.2) is 72.8 Å². The lowest BCUT2D eigenvalue weighted by Crippen LogP contribution is -2.17. The monoisotopic (exact) mass is 466 g/mol. The van der Waals surface area contributed by atoms with Gasteiger partial charge in [-0.1, -0.05) is 104 Å². The van der Waals surface area contributed by atoms with Crippen molar-refractivity contribution >= 4 is 36.2 Å². The van der Waals surface area contributed by atoms with Crippen LogP contribution in [0.1, 0.15) is 11.1 Å². The maximum Gasteiger partial charge on any atom is 0.134 e. The first-order valence-corrected chi connectivity index (χ1v) is 13.6.